The van der Waals surface area contributed by atoms with Gasteiger partial charge in [-0.15, -0.1) is 0 Å². The van der Waals surface area contributed by atoms with Crippen molar-refractivity contribution in [2.75, 3.05) is 19.8 Å². The third kappa shape index (κ3) is 10.4. The normalized spacial score (nSPS) is 21.0. The molecule has 0 aromatic rings. The average molecular weight is 327 g/mol. The summed E-state index contributed by atoms with van der Waals surface area (Å²) < 4.78 is 5.76. The molecule has 0 unspecified atom stereocenters. The van der Waals surface area contributed by atoms with Gasteiger partial charge in [0, 0.05) is 30.3 Å². The highest BCUT2D eigenvalue weighted by molar-refractivity contribution is 4.99. The van der Waals surface area contributed by atoms with E-state index in [1.807, 2.05) is 0 Å². The summed E-state index contributed by atoms with van der Waals surface area (Å²) in [6.45, 7) is 16.7. The van der Waals surface area contributed by atoms with Crippen molar-refractivity contribution in [1.29, 1.82) is 0 Å². The van der Waals surface area contributed by atoms with Crippen LogP contribution in [0.3, 0.4) is 0 Å². The van der Waals surface area contributed by atoms with Gasteiger partial charge in [0.2, 0.25) is 0 Å². The minimum Gasteiger partial charge on any atom is -0.381 e. The molecule has 1 fully saturated rings. The molecule has 0 amide bonds. The predicted octanol–water partition coefficient (Wildman–Crippen LogP) is 4.51. The maximum absolute atomic E-state index is 5.76. The summed E-state index contributed by atoms with van der Waals surface area (Å²) in [4.78, 5) is 0. The molecule has 1 rings (SSSR count). The molecule has 0 bridgehead atoms. The lowest BCUT2D eigenvalue weighted by Gasteiger charge is -2.46. The quantitative estimate of drug-likeness (QED) is 0.548. The molecule has 1 saturated heterocycles. The van der Waals surface area contributed by atoms with Gasteiger partial charge >= 0.3 is 0 Å². The maximum Gasteiger partial charge on any atom is 0.0478 e. The van der Waals surface area contributed by atoms with Gasteiger partial charge in [-0.1, -0.05) is 33.1 Å². The van der Waals surface area contributed by atoms with E-state index >= 15 is 0 Å². The topological polar surface area (TPSA) is 33.3 Å². The molecule has 3 nitrogen and oxygen atoms in total. The second-order valence-corrected chi connectivity index (χ2v) is 9.16. The zero-order valence-electron chi connectivity index (χ0n) is 16.6. The first kappa shape index (κ1) is 20.9. The highest BCUT2D eigenvalue weighted by Crippen LogP contribution is 2.28. The van der Waals surface area contributed by atoms with Crippen molar-refractivity contribution in [3.8, 4) is 0 Å². The Morgan fingerprint density at radius 3 is 2.17 bits per heavy atom. The fraction of sp³-hybridized carbons (Fsp3) is 1.00. The van der Waals surface area contributed by atoms with Gasteiger partial charge in [-0.25, -0.2) is 0 Å². The van der Waals surface area contributed by atoms with Crippen LogP contribution in [0, 0.1) is 5.92 Å². The van der Waals surface area contributed by atoms with Gasteiger partial charge in [-0.2, -0.15) is 0 Å². The van der Waals surface area contributed by atoms with Crippen LogP contribution in [0.25, 0.3) is 0 Å². The molecule has 0 aliphatic carbocycles. The molecule has 1 aliphatic rings. The SMILES string of the molecule is CC(C)CCCCCOCCCNC1CC(C)(C)NC(C)(C)C1. The van der Waals surface area contributed by atoms with Gasteiger partial charge in [-0.05, 0) is 65.8 Å². The van der Waals surface area contributed by atoms with Crippen molar-refractivity contribution in [2.45, 2.75) is 104 Å². The van der Waals surface area contributed by atoms with Crippen LogP contribution >= 0.6 is 0 Å². The first-order chi connectivity index (χ1) is 10.7. The first-order valence-corrected chi connectivity index (χ1v) is 9.81. The van der Waals surface area contributed by atoms with Crippen LogP contribution in [0.4, 0.5) is 0 Å². The number of nitrogens with one attached hydrogen (secondary N) is 2. The zero-order valence-corrected chi connectivity index (χ0v) is 16.6. The van der Waals surface area contributed by atoms with Crippen molar-refractivity contribution in [3.05, 3.63) is 0 Å². The largest absolute Gasteiger partial charge is 0.381 e. The Bertz CT molecular complexity index is 297. The molecule has 138 valence electrons. The van der Waals surface area contributed by atoms with Gasteiger partial charge < -0.3 is 15.4 Å². The Morgan fingerprint density at radius 2 is 1.57 bits per heavy atom. The van der Waals surface area contributed by atoms with Crippen LogP contribution in [0.2, 0.25) is 0 Å². The van der Waals surface area contributed by atoms with E-state index in [1.165, 1.54) is 38.5 Å². The number of rotatable bonds is 11. The van der Waals surface area contributed by atoms with E-state index in [4.69, 9.17) is 4.74 Å². The van der Waals surface area contributed by atoms with Crippen molar-refractivity contribution in [2.24, 2.45) is 5.92 Å². The third-order valence-corrected chi connectivity index (χ3v) is 4.66. The van der Waals surface area contributed by atoms with Crippen LogP contribution in [-0.2, 0) is 4.74 Å². The first-order valence-electron chi connectivity index (χ1n) is 9.81. The van der Waals surface area contributed by atoms with E-state index < -0.39 is 0 Å². The second kappa shape index (κ2) is 10.0. The highest BCUT2D eigenvalue weighted by atomic mass is 16.5. The number of hydrogen-bond acceptors (Lipinski definition) is 3. The molecule has 1 heterocycles. The van der Waals surface area contributed by atoms with Gasteiger partial charge in [0.25, 0.3) is 0 Å². The van der Waals surface area contributed by atoms with Gasteiger partial charge in [0.05, 0.1) is 0 Å². The van der Waals surface area contributed by atoms with Crippen molar-refractivity contribution in [1.82, 2.24) is 10.6 Å². The fourth-order valence-electron chi connectivity index (χ4n) is 3.98. The Morgan fingerprint density at radius 1 is 0.957 bits per heavy atom. The molecular formula is C20H42N2O. The van der Waals surface area contributed by atoms with Crippen molar-refractivity contribution in [3.63, 3.8) is 0 Å². The molecule has 0 aromatic heterocycles. The van der Waals surface area contributed by atoms with Crippen molar-refractivity contribution >= 4 is 0 Å². The lowest BCUT2D eigenvalue weighted by atomic mass is 9.79. The predicted molar refractivity (Wildman–Crippen MR) is 101 cm³/mol. The van der Waals surface area contributed by atoms with E-state index in [0.717, 1.165) is 32.1 Å². The Labute approximate surface area is 145 Å². The van der Waals surface area contributed by atoms with E-state index in [-0.39, 0.29) is 11.1 Å². The number of hydrogen-bond donors (Lipinski definition) is 2. The minimum atomic E-state index is 0.228. The summed E-state index contributed by atoms with van der Waals surface area (Å²) in [5, 5.41) is 7.48. The van der Waals surface area contributed by atoms with Crippen molar-refractivity contribution < 1.29 is 4.74 Å². The van der Waals surface area contributed by atoms with Gasteiger partial charge in [0.15, 0.2) is 0 Å². The molecule has 1 aliphatic heterocycles. The molecule has 3 heteroatoms. The summed E-state index contributed by atoms with van der Waals surface area (Å²) in [6, 6.07) is 0.622. The van der Waals surface area contributed by atoms with E-state index in [2.05, 4.69) is 52.2 Å². The lowest BCUT2D eigenvalue weighted by molar-refractivity contribution is 0.120. The number of piperidine rings is 1. The van der Waals surface area contributed by atoms with Crippen LogP contribution in [0.1, 0.15) is 86.5 Å². The lowest BCUT2D eigenvalue weighted by Crippen LogP contribution is -2.61. The third-order valence-electron chi connectivity index (χ3n) is 4.66. The molecular weight excluding hydrogens is 284 g/mol. The molecule has 23 heavy (non-hydrogen) atoms. The van der Waals surface area contributed by atoms with Crippen LogP contribution in [-0.4, -0.2) is 36.9 Å². The Balaban J connectivity index is 1.98. The van der Waals surface area contributed by atoms with E-state index in [1.54, 1.807) is 0 Å². The molecule has 0 spiro atoms. The summed E-state index contributed by atoms with van der Waals surface area (Å²) in [6.07, 6.45) is 8.76. The summed E-state index contributed by atoms with van der Waals surface area (Å²) in [7, 11) is 0. The average Bonchev–Trinajstić information content (AvgIpc) is 2.37. The Hall–Kier alpha value is -0.120. The maximum atomic E-state index is 5.76. The fourth-order valence-corrected chi connectivity index (χ4v) is 3.98. The monoisotopic (exact) mass is 326 g/mol. The zero-order chi connectivity index (χ0) is 17.3. The van der Waals surface area contributed by atoms with Gasteiger partial charge in [0.1, 0.15) is 0 Å². The molecule has 0 saturated carbocycles. The van der Waals surface area contributed by atoms with Crippen LogP contribution in [0.15, 0.2) is 0 Å². The Kier molecular flexibility index (Phi) is 9.10. The molecule has 0 aromatic carbocycles. The minimum absolute atomic E-state index is 0.228. The van der Waals surface area contributed by atoms with E-state index in [0.29, 0.717) is 6.04 Å². The smallest absolute Gasteiger partial charge is 0.0478 e. The van der Waals surface area contributed by atoms with Crippen LogP contribution < -0.4 is 10.6 Å². The number of unbranched alkanes of at least 4 members (excludes halogenated alkanes) is 2. The highest BCUT2D eigenvalue weighted by Gasteiger charge is 2.37. The van der Waals surface area contributed by atoms with Crippen LogP contribution in [0.5, 0.6) is 0 Å². The summed E-state index contributed by atoms with van der Waals surface area (Å²) >= 11 is 0. The summed E-state index contributed by atoms with van der Waals surface area (Å²) in [5.74, 6) is 0.840. The van der Waals surface area contributed by atoms with E-state index in [9.17, 15) is 0 Å². The second-order valence-electron chi connectivity index (χ2n) is 9.16. The molecule has 0 radical (unpaired) electrons. The summed E-state index contributed by atoms with van der Waals surface area (Å²) in [5.41, 5.74) is 0.456. The molecule has 0 atom stereocenters. The standard InChI is InChI=1S/C20H42N2O/c1-17(2)11-8-7-9-13-23-14-10-12-21-18-15-19(3,4)22-20(5,6)16-18/h17-18,21-22H,7-16H2,1-6H3. The number of ether oxygens (including phenoxy) is 1. The van der Waals surface area contributed by atoms with Gasteiger partial charge in [-0.3, -0.25) is 0 Å². The molecule has 2 N–H and O–H groups in total.